The minimum Gasteiger partial charge on any atom is -0.447 e. The number of aromatic nitrogens is 3. The van der Waals surface area contributed by atoms with Crippen molar-refractivity contribution in [3.63, 3.8) is 0 Å². The van der Waals surface area contributed by atoms with Crippen LogP contribution >= 0.6 is 0 Å². The molecule has 0 aliphatic carbocycles. The summed E-state index contributed by atoms with van der Waals surface area (Å²) in [5.74, 6) is 0. The van der Waals surface area contributed by atoms with E-state index in [0.29, 0.717) is 25.5 Å². The quantitative estimate of drug-likeness (QED) is 0.686. The van der Waals surface area contributed by atoms with Crippen LogP contribution in [0, 0.1) is 0 Å². The highest BCUT2D eigenvalue weighted by atomic mass is 16.6. The number of ether oxygens (including phenoxy) is 1. The van der Waals surface area contributed by atoms with Gasteiger partial charge in [0, 0.05) is 0 Å². The van der Waals surface area contributed by atoms with Crippen LogP contribution in [0.4, 0.5) is 4.79 Å². The van der Waals surface area contributed by atoms with Gasteiger partial charge in [0.25, 0.3) is 0 Å². The van der Waals surface area contributed by atoms with Crippen molar-refractivity contribution < 1.29 is 14.6 Å². The molecule has 7 nitrogen and oxygen atoms in total. The molecule has 1 amide bonds. The minimum absolute atomic E-state index is 0.148. The number of hydrogen-bond donors (Lipinski definition) is 1. The van der Waals surface area contributed by atoms with Crippen LogP contribution in [0.15, 0.2) is 6.20 Å². The zero-order valence-corrected chi connectivity index (χ0v) is 7.46. The third kappa shape index (κ3) is 1.67. The lowest BCUT2D eigenvalue weighted by atomic mass is 10.5. The van der Waals surface area contributed by atoms with Gasteiger partial charge < -0.3 is 9.84 Å². The molecule has 1 aliphatic rings. The Hall–Kier alpha value is -1.63. The van der Waals surface area contributed by atoms with Crippen molar-refractivity contribution in [1.82, 2.24) is 19.9 Å². The summed E-state index contributed by atoms with van der Waals surface area (Å²) in [6.07, 6.45) is 1.25. The van der Waals surface area contributed by atoms with Gasteiger partial charge in [0.15, 0.2) is 0 Å². The Bertz CT molecular complexity index is 337. The van der Waals surface area contributed by atoms with Gasteiger partial charge in [-0.1, -0.05) is 5.21 Å². The fourth-order valence-corrected chi connectivity index (χ4v) is 1.21. The fraction of sp³-hybridized carbons (Fsp3) is 0.571. The van der Waals surface area contributed by atoms with Crippen LogP contribution in [0.1, 0.15) is 5.69 Å². The molecule has 2 rings (SSSR count). The molecule has 2 heterocycles. The van der Waals surface area contributed by atoms with Crippen LogP contribution < -0.4 is 0 Å². The maximum absolute atomic E-state index is 11.0. The van der Waals surface area contributed by atoms with Gasteiger partial charge in [0.2, 0.25) is 0 Å². The number of nitrogens with zero attached hydrogens (tertiary/aromatic N) is 4. The van der Waals surface area contributed by atoms with E-state index in [4.69, 9.17) is 9.84 Å². The van der Waals surface area contributed by atoms with E-state index in [1.807, 2.05) is 0 Å². The number of aliphatic hydroxyl groups excluding tert-OH is 1. The van der Waals surface area contributed by atoms with Gasteiger partial charge in [-0.15, -0.1) is 5.10 Å². The van der Waals surface area contributed by atoms with E-state index in [1.54, 1.807) is 6.20 Å². The zero-order valence-electron chi connectivity index (χ0n) is 7.46. The topological polar surface area (TPSA) is 80.5 Å². The normalized spacial score (nSPS) is 16.1. The molecular formula is C7H10N4O3. The average Bonchev–Trinajstić information content (AvgIpc) is 2.77. The summed E-state index contributed by atoms with van der Waals surface area (Å²) in [6, 6.07) is 0. The maximum Gasteiger partial charge on any atom is 0.411 e. The van der Waals surface area contributed by atoms with E-state index >= 15 is 0 Å². The molecule has 0 aromatic carbocycles. The first kappa shape index (κ1) is 8.95. The maximum atomic E-state index is 11.0. The molecule has 1 saturated heterocycles. The number of amides is 1. The van der Waals surface area contributed by atoms with Gasteiger partial charge >= 0.3 is 6.09 Å². The number of carbonyl (C=O) groups excluding carboxylic acids is 1. The molecule has 7 heteroatoms. The van der Waals surface area contributed by atoms with Gasteiger partial charge in [-0.05, 0) is 0 Å². The number of aliphatic hydroxyl groups is 1. The van der Waals surface area contributed by atoms with E-state index < -0.39 is 0 Å². The Balaban J connectivity index is 1.99. The SMILES string of the molecule is O=C1OCCN1Cn1cc(CO)nn1. The van der Waals surface area contributed by atoms with E-state index in [0.717, 1.165) is 0 Å². The summed E-state index contributed by atoms with van der Waals surface area (Å²) in [7, 11) is 0. The van der Waals surface area contributed by atoms with E-state index in [2.05, 4.69) is 10.3 Å². The van der Waals surface area contributed by atoms with Crippen molar-refractivity contribution in [3.8, 4) is 0 Å². The van der Waals surface area contributed by atoms with Gasteiger partial charge in [0.05, 0.1) is 19.3 Å². The molecule has 1 aromatic rings. The summed E-state index contributed by atoms with van der Waals surface area (Å²) < 4.78 is 6.23. The highest BCUT2D eigenvalue weighted by molar-refractivity contribution is 5.68. The number of rotatable bonds is 3. The first-order valence-electron chi connectivity index (χ1n) is 4.21. The van der Waals surface area contributed by atoms with Crippen LogP contribution in [-0.4, -0.2) is 44.2 Å². The molecular weight excluding hydrogens is 188 g/mol. The zero-order chi connectivity index (χ0) is 9.97. The van der Waals surface area contributed by atoms with Gasteiger partial charge in [-0.2, -0.15) is 0 Å². The molecule has 1 aromatic heterocycles. The van der Waals surface area contributed by atoms with Crippen molar-refractivity contribution in [2.45, 2.75) is 13.3 Å². The molecule has 1 N–H and O–H groups in total. The predicted octanol–water partition coefficient (Wildman–Crippen LogP) is -0.820. The predicted molar refractivity (Wildman–Crippen MR) is 44.0 cm³/mol. The van der Waals surface area contributed by atoms with E-state index in [1.165, 1.54) is 9.58 Å². The van der Waals surface area contributed by atoms with Gasteiger partial charge in [-0.25, -0.2) is 9.48 Å². The molecule has 0 bridgehead atoms. The molecule has 0 radical (unpaired) electrons. The molecule has 0 unspecified atom stereocenters. The van der Waals surface area contributed by atoms with Crippen LogP contribution in [0.5, 0.6) is 0 Å². The monoisotopic (exact) mass is 198 g/mol. The Kier molecular flexibility index (Phi) is 2.32. The smallest absolute Gasteiger partial charge is 0.411 e. The molecule has 14 heavy (non-hydrogen) atoms. The van der Waals surface area contributed by atoms with E-state index in [-0.39, 0.29) is 12.7 Å². The highest BCUT2D eigenvalue weighted by Gasteiger charge is 2.22. The van der Waals surface area contributed by atoms with Crippen LogP contribution in [0.2, 0.25) is 0 Å². The lowest BCUT2D eigenvalue weighted by molar-refractivity contribution is 0.149. The van der Waals surface area contributed by atoms with Crippen molar-refractivity contribution in [3.05, 3.63) is 11.9 Å². The summed E-state index contributed by atoms with van der Waals surface area (Å²) in [6.45, 7) is 1.14. The van der Waals surface area contributed by atoms with Crippen molar-refractivity contribution >= 4 is 6.09 Å². The summed E-state index contributed by atoms with van der Waals surface area (Å²) in [5, 5.41) is 16.2. The highest BCUT2D eigenvalue weighted by Crippen LogP contribution is 2.04. The average molecular weight is 198 g/mol. The third-order valence-electron chi connectivity index (χ3n) is 1.91. The molecule has 1 fully saturated rings. The second kappa shape index (κ2) is 3.62. The second-order valence-corrected chi connectivity index (χ2v) is 2.93. The van der Waals surface area contributed by atoms with Gasteiger partial charge in [-0.3, -0.25) is 4.90 Å². The van der Waals surface area contributed by atoms with E-state index in [9.17, 15) is 4.79 Å². The van der Waals surface area contributed by atoms with Crippen molar-refractivity contribution in [1.29, 1.82) is 0 Å². The molecule has 0 spiro atoms. The summed E-state index contributed by atoms with van der Waals surface area (Å²) >= 11 is 0. The number of carbonyl (C=O) groups is 1. The molecule has 0 saturated carbocycles. The largest absolute Gasteiger partial charge is 0.447 e. The molecule has 76 valence electrons. The lowest BCUT2D eigenvalue weighted by Gasteiger charge is -2.10. The molecule has 0 atom stereocenters. The molecule has 1 aliphatic heterocycles. The first-order chi connectivity index (χ1) is 6.79. The summed E-state index contributed by atoms with van der Waals surface area (Å²) in [5.41, 5.74) is 0.484. The Morgan fingerprint density at radius 2 is 2.50 bits per heavy atom. The summed E-state index contributed by atoms with van der Waals surface area (Å²) in [4.78, 5) is 12.6. The fourth-order valence-electron chi connectivity index (χ4n) is 1.21. The van der Waals surface area contributed by atoms with Crippen LogP contribution in [0.3, 0.4) is 0 Å². The third-order valence-corrected chi connectivity index (χ3v) is 1.91. The second-order valence-electron chi connectivity index (χ2n) is 2.93. The van der Waals surface area contributed by atoms with Crippen LogP contribution in [-0.2, 0) is 18.0 Å². The number of hydrogen-bond acceptors (Lipinski definition) is 5. The van der Waals surface area contributed by atoms with Gasteiger partial charge in [0.1, 0.15) is 19.0 Å². The first-order valence-corrected chi connectivity index (χ1v) is 4.21. The Labute approximate surface area is 79.9 Å². The van der Waals surface area contributed by atoms with Crippen molar-refractivity contribution in [2.24, 2.45) is 0 Å². The van der Waals surface area contributed by atoms with Crippen molar-refractivity contribution in [2.75, 3.05) is 13.2 Å². The Morgan fingerprint density at radius 3 is 3.07 bits per heavy atom. The number of cyclic esters (lactones) is 1. The Morgan fingerprint density at radius 1 is 1.64 bits per heavy atom. The lowest BCUT2D eigenvalue weighted by Crippen LogP contribution is -2.27. The van der Waals surface area contributed by atoms with Crippen LogP contribution in [0.25, 0.3) is 0 Å². The minimum atomic E-state index is -0.342. The standard InChI is InChI=1S/C7H10N4O3/c12-4-6-3-11(9-8-6)5-10-1-2-14-7(10)13/h3,12H,1-2,4-5H2.